The summed E-state index contributed by atoms with van der Waals surface area (Å²) < 4.78 is 44.4. The molecule has 0 radical (unpaired) electrons. The van der Waals surface area contributed by atoms with Gasteiger partial charge in [-0.15, -0.1) is 11.3 Å². The van der Waals surface area contributed by atoms with Gasteiger partial charge in [-0.25, -0.2) is 0 Å². The van der Waals surface area contributed by atoms with Crippen LogP contribution in [0.5, 0.6) is 0 Å². The highest BCUT2D eigenvalue weighted by Crippen LogP contribution is 2.47. The van der Waals surface area contributed by atoms with E-state index in [0.29, 0.717) is 10.9 Å². The van der Waals surface area contributed by atoms with Crippen LogP contribution in [0.25, 0.3) is 86.3 Å². The summed E-state index contributed by atoms with van der Waals surface area (Å²) in [6, 6.07) is 77.4. The Morgan fingerprint density at radius 2 is 0.938 bits per heavy atom. The number of benzene rings is 10. The molecule has 0 bridgehead atoms. The minimum atomic E-state index is -3.13. The second kappa shape index (κ2) is 14.7. The summed E-state index contributed by atoms with van der Waals surface area (Å²) in [5.41, 5.74) is 7.57. The van der Waals surface area contributed by atoms with Gasteiger partial charge in [-0.05, 0) is 74.3 Å². The average Bonchev–Trinajstić information content (AvgIpc) is 4.07. The molecule has 13 aromatic rings. The normalized spacial score (nSPS) is 12.9. The number of rotatable bonds is 7. The van der Waals surface area contributed by atoms with Gasteiger partial charge >= 0.3 is 0 Å². The van der Waals surface area contributed by atoms with Crippen molar-refractivity contribution in [1.29, 1.82) is 0 Å². The van der Waals surface area contributed by atoms with Crippen LogP contribution in [0.3, 0.4) is 0 Å². The molecule has 0 atom stereocenters. The molecule has 0 unspecified atom stereocenters. The first-order chi connectivity index (χ1) is 33.4. The fourth-order valence-corrected chi connectivity index (χ4v) is 16.5. The minimum absolute atomic E-state index is 0.0528. The molecule has 0 aliphatic carbocycles. The van der Waals surface area contributed by atoms with E-state index >= 15 is 0 Å². The topological polar surface area (TPSA) is 9.86 Å². The number of aromatic nitrogens is 2. The molecule has 10 aromatic carbocycles. The standard InChI is InChI=1S/C60H40N2SSi/c1-4-20-41(21-5-1)42-22-18-28-46(38-42)64(44-24-6-2-7-25-44,45-26-8-3-9-27-45)47-29-19-23-43(39-47)61-53-34-14-12-32-50(53)52-40-56(60-58(59(52)61)51-33-13-17-37-57(51)63-60)62-54-35-15-10-30-48(54)49-31-11-16-36-55(49)62/h1-40H/i12D,14D,32D,34D. The predicted octanol–water partition coefficient (Wildman–Crippen LogP) is 13.3. The number of hydrogen-bond acceptors (Lipinski definition) is 1. The van der Waals surface area contributed by atoms with E-state index in [-0.39, 0.29) is 24.2 Å². The van der Waals surface area contributed by atoms with Crippen molar-refractivity contribution in [2.24, 2.45) is 0 Å². The van der Waals surface area contributed by atoms with Crippen molar-refractivity contribution in [2.75, 3.05) is 0 Å². The Bertz CT molecular complexity index is 4050. The Morgan fingerprint density at radius 1 is 0.391 bits per heavy atom. The van der Waals surface area contributed by atoms with Gasteiger partial charge < -0.3 is 9.13 Å². The van der Waals surface area contributed by atoms with Crippen molar-refractivity contribution in [3.05, 3.63) is 243 Å². The van der Waals surface area contributed by atoms with Crippen LogP contribution in [0.4, 0.5) is 0 Å². The van der Waals surface area contributed by atoms with Gasteiger partial charge in [0, 0.05) is 42.7 Å². The molecule has 3 aromatic heterocycles. The van der Waals surface area contributed by atoms with E-state index in [2.05, 4.69) is 228 Å². The molecule has 0 amide bonds. The van der Waals surface area contributed by atoms with Gasteiger partial charge in [0.05, 0.1) is 37.9 Å². The Morgan fingerprint density at radius 3 is 1.64 bits per heavy atom. The zero-order chi connectivity index (χ0) is 45.7. The van der Waals surface area contributed by atoms with Crippen molar-refractivity contribution >= 4 is 104 Å². The molecule has 13 rings (SSSR count). The zero-order valence-corrected chi connectivity index (χ0v) is 36.4. The largest absolute Gasteiger partial charge is 0.309 e. The number of fused-ring (bicyclic) bond motifs is 10. The molecule has 0 saturated heterocycles. The van der Waals surface area contributed by atoms with Crippen LogP contribution in [0.1, 0.15) is 5.48 Å². The van der Waals surface area contributed by atoms with Gasteiger partial charge in [0.25, 0.3) is 0 Å². The minimum Gasteiger partial charge on any atom is -0.309 e. The van der Waals surface area contributed by atoms with Crippen LogP contribution in [0, 0.1) is 0 Å². The van der Waals surface area contributed by atoms with Gasteiger partial charge in [0.2, 0.25) is 0 Å². The first-order valence-corrected chi connectivity index (χ1v) is 24.5. The summed E-state index contributed by atoms with van der Waals surface area (Å²) in [5.74, 6) is 0. The maximum atomic E-state index is 9.77. The molecule has 0 saturated carbocycles. The molecule has 0 spiro atoms. The lowest BCUT2D eigenvalue weighted by atomic mass is 10.1. The molecule has 0 N–H and O–H groups in total. The Balaban J connectivity index is 1.19. The lowest BCUT2D eigenvalue weighted by molar-refractivity contribution is 1.18. The maximum absolute atomic E-state index is 9.77. The Kier molecular flexibility index (Phi) is 7.54. The summed E-state index contributed by atoms with van der Waals surface area (Å²) >= 11 is 1.75. The third-order valence-corrected chi connectivity index (χ3v) is 19.1. The number of nitrogens with zero attached hydrogens (tertiary/aromatic N) is 2. The lowest BCUT2D eigenvalue weighted by Gasteiger charge is -2.35. The fraction of sp³-hybridized carbons (Fsp3) is 0. The van der Waals surface area contributed by atoms with Crippen molar-refractivity contribution in [3.8, 4) is 22.5 Å². The number of thiophene rings is 1. The first kappa shape index (κ1) is 32.9. The van der Waals surface area contributed by atoms with Gasteiger partial charge in [0.15, 0.2) is 8.07 Å². The molecular formula is C60H40N2SSi. The van der Waals surface area contributed by atoms with E-state index < -0.39 is 8.07 Å². The van der Waals surface area contributed by atoms with Crippen LogP contribution in [-0.4, -0.2) is 17.2 Å². The van der Waals surface area contributed by atoms with Crippen molar-refractivity contribution in [3.63, 3.8) is 0 Å². The first-order valence-electron chi connectivity index (χ1n) is 23.7. The van der Waals surface area contributed by atoms with E-state index in [9.17, 15) is 2.74 Å². The molecular weight excluding hydrogens is 809 g/mol. The van der Waals surface area contributed by atoms with Gasteiger partial charge in [-0.2, -0.15) is 0 Å². The molecule has 0 aliphatic heterocycles. The average molecular weight is 853 g/mol. The number of hydrogen-bond donors (Lipinski definition) is 0. The SMILES string of the molecule is [2H]c1c([2H])c([2H])c2c(c1[2H])c1cc(-n3c4ccccc4c4ccccc43)c3sc4ccccc4c3c1n2-c1cccc([Si](c2ccccc2)(c2ccccc2)c2cccc(-c3ccccc3)c2)c1. The second-order valence-electron chi connectivity index (χ2n) is 16.5. The molecule has 0 aliphatic rings. The van der Waals surface area contributed by atoms with Crippen molar-refractivity contribution in [2.45, 2.75) is 0 Å². The lowest BCUT2D eigenvalue weighted by Crippen LogP contribution is -2.74. The monoisotopic (exact) mass is 852 g/mol. The van der Waals surface area contributed by atoms with E-state index in [1.807, 2.05) is 0 Å². The zero-order valence-electron chi connectivity index (χ0n) is 38.6. The Labute approximate surface area is 381 Å². The van der Waals surface area contributed by atoms with Gasteiger partial charge in [-0.1, -0.05) is 200 Å². The fourth-order valence-electron chi connectivity index (χ4n) is 10.5. The molecule has 4 heteroatoms. The van der Waals surface area contributed by atoms with Crippen LogP contribution in [0.2, 0.25) is 0 Å². The molecule has 300 valence electrons. The Hall–Kier alpha value is -7.76. The summed E-state index contributed by atoms with van der Waals surface area (Å²) in [6.07, 6.45) is 0. The van der Waals surface area contributed by atoms with E-state index in [4.69, 9.17) is 2.74 Å². The molecule has 2 nitrogen and oxygen atoms in total. The van der Waals surface area contributed by atoms with E-state index in [0.717, 1.165) is 80.6 Å². The van der Waals surface area contributed by atoms with E-state index in [1.165, 1.54) is 15.6 Å². The predicted molar refractivity (Wildman–Crippen MR) is 277 cm³/mol. The second-order valence-corrected chi connectivity index (χ2v) is 21.4. The summed E-state index contributed by atoms with van der Waals surface area (Å²) in [7, 11) is -3.13. The third-order valence-electron chi connectivity index (χ3n) is 13.2. The third kappa shape index (κ3) is 5.43. The maximum Gasteiger partial charge on any atom is 0.179 e. The van der Waals surface area contributed by atoms with Crippen LogP contribution in [0.15, 0.2) is 243 Å². The highest BCUT2D eigenvalue weighted by Gasteiger charge is 2.42. The van der Waals surface area contributed by atoms with Crippen LogP contribution in [-0.2, 0) is 0 Å². The van der Waals surface area contributed by atoms with Gasteiger partial charge in [-0.3, -0.25) is 0 Å². The highest BCUT2D eigenvalue weighted by atomic mass is 32.1. The van der Waals surface area contributed by atoms with Crippen molar-refractivity contribution < 1.29 is 5.48 Å². The highest BCUT2D eigenvalue weighted by molar-refractivity contribution is 7.26. The quantitative estimate of drug-likeness (QED) is 0.112. The van der Waals surface area contributed by atoms with Crippen LogP contribution >= 0.6 is 11.3 Å². The number of para-hydroxylation sites is 3. The van der Waals surface area contributed by atoms with Gasteiger partial charge in [0.1, 0.15) is 0 Å². The summed E-state index contributed by atoms with van der Waals surface area (Å²) in [4.78, 5) is 0. The summed E-state index contributed by atoms with van der Waals surface area (Å²) in [6.45, 7) is 0. The molecule has 64 heavy (non-hydrogen) atoms. The molecule has 0 fully saturated rings. The summed E-state index contributed by atoms with van der Waals surface area (Å²) in [5, 5.41) is 10.5. The molecule has 3 heterocycles. The smallest absolute Gasteiger partial charge is 0.179 e. The van der Waals surface area contributed by atoms with Crippen molar-refractivity contribution in [1.82, 2.24) is 9.13 Å². The van der Waals surface area contributed by atoms with E-state index in [1.54, 1.807) is 11.3 Å². The van der Waals surface area contributed by atoms with Crippen LogP contribution < -0.4 is 20.7 Å².